The van der Waals surface area contributed by atoms with Crippen molar-refractivity contribution in [3.63, 3.8) is 0 Å². The van der Waals surface area contributed by atoms with Crippen molar-refractivity contribution in [2.45, 2.75) is 44.6 Å². The third-order valence-corrected chi connectivity index (χ3v) is 7.56. The van der Waals surface area contributed by atoms with Crippen LogP contribution < -0.4 is 4.74 Å². The summed E-state index contributed by atoms with van der Waals surface area (Å²) < 4.78 is 6.04. The zero-order chi connectivity index (χ0) is 18.6. The van der Waals surface area contributed by atoms with Crippen LogP contribution in [0.25, 0.3) is 0 Å². The Morgan fingerprint density at radius 3 is 2.89 bits per heavy atom. The second kappa shape index (κ2) is 6.27. The van der Waals surface area contributed by atoms with E-state index in [4.69, 9.17) is 4.74 Å². The first kappa shape index (κ1) is 17.1. The van der Waals surface area contributed by atoms with Crippen molar-refractivity contribution in [3.8, 4) is 11.5 Å². The fourth-order valence-corrected chi connectivity index (χ4v) is 5.76. The zero-order valence-electron chi connectivity index (χ0n) is 16.3. The fourth-order valence-electron chi connectivity index (χ4n) is 5.76. The Balaban J connectivity index is 1.37. The normalized spacial score (nSPS) is 32.3. The molecular weight excluding hydrogens is 334 g/mol. The first-order chi connectivity index (χ1) is 13.0. The lowest BCUT2D eigenvalue weighted by Crippen LogP contribution is -2.59. The molecule has 142 valence electrons. The van der Waals surface area contributed by atoms with E-state index in [0.29, 0.717) is 23.6 Å². The summed E-state index contributed by atoms with van der Waals surface area (Å²) in [5.41, 5.74) is 4.32. The van der Waals surface area contributed by atoms with E-state index < -0.39 is 0 Å². The standard InChI is InChI=1S/C24H29NO2/c1-16-22-12-18-7-8-20(26)13-21(18)24(16,2)9-10-25(22)14-17-11-19-5-3-4-6-23(19)27-15-17/h3-8,13,16-17,22,26H,9-12,14-15H2,1-2H3/t16-,17?,22+,24+/m0/s1. The van der Waals surface area contributed by atoms with Crippen molar-refractivity contribution in [1.82, 2.24) is 4.90 Å². The summed E-state index contributed by atoms with van der Waals surface area (Å²) in [5.74, 6) is 2.64. The number of rotatable bonds is 2. The Kier molecular flexibility index (Phi) is 3.98. The first-order valence-electron chi connectivity index (χ1n) is 10.3. The molecule has 2 aliphatic heterocycles. The maximum atomic E-state index is 10.0. The number of piperidine rings is 1. The lowest BCUT2D eigenvalue weighted by atomic mass is 9.59. The summed E-state index contributed by atoms with van der Waals surface area (Å²) >= 11 is 0. The van der Waals surface area contributed by atoms with Gasteiger partial charge in [-0.3, -0.25) is 4.90 Å². The van der Waals surface area contributed by atoms with Crippen LogP contribution in [0, 0.1) is 11.8 Å². The maximum Gasteiger partial charge on any atom is 0.122 e. The summed E-state index contributed by atoms with van der Waals surface area (Å²) in [5, 5.41) is 10.0. The highest BCUT2D eigenvalue weighted by molar-refractivity contribution is 5.44. The number of phenolic OH excluding ortho intramolecular Hbond substituents is 1. The van der Waals surface area contributed by atoms with E-state index in [9.17, 15) is 5.11 Å². The molecule has 2 aromatic carbocycles. The van der Waals surface area contributed by atoms with Gasteiger partial charge in [-0.15, -0.1) is 0 Å². The highest BCUT2D eigenvalue weighted by atomic mass is 16.5. The van der Waals surface area contributed by atoms with E-state index in [1.54, 1.807) is 0 Å². The predicted molar refractivity (Wildman–Crippen MR) is 107 cm³/mol. The van der Waals surface area contributed by atoms with Gasteiger partial charge in [0.15, 0.2) is 0 Å². The number of ether oxygens (including phenoxy) is 1. The minimum Gasteiger partial charge on any atom is -0.508 e. The van der Waals surface area contributed by atoms with Gasteiger partial charge in [0.05, 0.1) is 6.61 Å². The average molecular weight is 364 g/mol. The van der Waals surface area contributed by atoms with Gasteiger partial charge in [0.1, 0.15) is 11.5 Å². The summed E-state index contributed by atoms with van der Waals surface area (Å²) in [4.78, 5) is 2.73. The third-order valence-electron chi connectivity index (χ3n) is 7.56. The Morgan fingerprint density at radius 1 is 1.15 bits per heavy atom. The number of para-hydroxylation sites is 1. The van der Waals surface area contributed by atoms with Crippen LogP contribution in [-0.4, -0.2) is 35.7 Å². The molecule has 1 N–H and O–H groups in total. The Bertz CT molecular complexity index is 863. The van der Waals surface area contributed by atoms with Gasteiger partial charge in [-0.1, -0.05) is 38.1 Å². The van der Waals surface area contributed by atoms with Gasteiger partial charge < -0.3 is 9.84 Å². The van der Waals surface area contributed by atoms with Crippen LogP contribution >= 0.6 is 0 Å². The van der Waals surface area contributed by atoms with Crippen LogP contribution in [0.4, 0.5) is 0 Å². The van der Waals surface area contributed by atoms with Gasteiger partial charge >= 0.3 is 0 Å². The molecule has 3 heteroatoms. The molecule has 3 nitrogen and oxygen atoms in total. The molecule has 5 rings (SSSR count). The molecule has 3 aliphatic rings. The van der Waals surface area contributed by atoms with E-state index in [1.165, 1.54) is 16.7 Å². The van der Waals surface area contributed by atoms with Crippen molar-refractivity contribution in [3.05, 3.63) is 59.2 Å². The van der Waals surface area contributed by atoms with Crippen LogP contribution in [0.15, 0.2) is 42.5 Å². The minimum absolute atomic E-state index is 0.170. The first-order valence-corrected chi connectivity index (χ1v) is 10.3. The van der Waals surface area contributed by atoms with Crippen LogP contribution in [0.2, 0.25) is 0 Å². The van der Waals surface area contributed by atoms with Gasteiger partial charge in [-0.2, -0.15) is 0 Å². The Labute approximate surface area is 162 Å². The number of fused-ring (bicyclic) bond motifs is 5. The molecule has 4 atom stereocenters. The number of phenols is 1. The van der Waals surface area contributed by atoms with Gasteiger partial charge in [-0.05, 0) is 72.0 Å². The minimum atomic E-state index is 0.170. The van der Waals surface area contributed by atoms with E-state index in [1.807, 2.05) is 12.1 Å². The maximum absolute atomic E-state index is 10.0. The molecular formula is C24H29NO2. The predicted octanol–water partition coefficient (Wildman–Crippen LogP) is 4.17. The zero-order valence-corrected chi connectivity index (χ0v) is 16.3. The topological polar surface area (TPSA) is 32.7 Å². The molecule has 2 aromatic rings. The fraction of sp³-hybridized carbons (Fsp3) is 0.500. The monoisotopic (exact) mass is 363 g/mol. The van der Waals surface area contributed by atoms with E-state index in [2.05, 4.69) is 49.1 Å². The number of hydrogen-bond acceptors (Lipinski definition) is 3. The van der Waals surface area contributed by atoms with Crippen LogP contribution in [0.1, 0.15) is 37.0 Å². The highest BCUT2D eigenvalue weighted by Gasteiger charge is 2.48. The van der Waals surface area contributed by atoms with Crippen molar-refractivity contribution >= 4 is 0 Å². The van der Waals surface area contributed by atoms with Crippen LogP contribution in [0.5, 0.6) is 11.5 Å². The molecule has 27 heavy (non-hydrogen) atoms. The smallest absolute Gasteiger partial charge is 0.122 e. The lowest BCUT2D eigenvalue weighted by Gasteiger charge is -2.55. The van der Waals surface area contributed by atoms with Gasteiger partial charge in [0.2, 0.25) is 0 Å². The molecule has 2 bridgehead atoms. The number of likely N-dealkylation sites (tertiary alicyclic amines) is 1. The quantitative estimate of drug-likeness (QED) is 0.869. The number of nitrogens with zero attached hydrogens (tertiary/aromatic N) is 1. The van der Waals surface area contributed by atoms with Crippen molar-refractivity contribution in [2.75, 3.05) is 19.7 Å². The van der Waals surface area contributed by atoms with Crippen molar-refractivity contribution in [2.24, 2.45) is 11.8 Å². The second-order valence-corrected chi connectivity index (χ2v) is 9.05. The number of hydrogen-bond donors (Lipinski definition) is 1. The molecule has 1 aliphatic carbocycles. The highest BCUT2D eigenvalue weighted by Crippen LogP contribution is 2.49. The summed E-state index contributed by atoms with van der Waals surface area (Å²) in [6.45, 7) is 7.90. The summed E-state index contributed by atoms with van der Waals surface area (Å²) in [6.07, 6.45) is 3.37. The van der Waals surface area contributed by atoms with Crippen molar-refractivity contribution in [1.29, 1.82) is 0 Å². The molecule has 0 saturated carbocycles. The van der Waals surface area contributed by atoms with E-state index >= 15 is 0 Å². The summed E-state index contributed by atoms with van der Waals surface area (Å²) in [7, 11) is 0. The van der Waals surface area contributed by atoms with Gasteiger partial charge in [0.25, 0.3) is 0 Å². The molecule has 1 saturated heterocycles. The second-order valence-electron chi connectivity index (χ2n) is 9.05. The Hall–Kier alpha value is -2.00. The molecule has 0 spiro atoms. The molecule has 0 aromatic heterocycles. The average Bonchev–Trinajstić information content (AvgIpc) is 2.67. The molecule has 1 fully saturated rings. The van der Waals surface area contributed by atoms with E-state index in [-0.39, 0.29) is 5.41 Å². The van der Waals surface area contributed by atoms with Crippen LogP contribution in [-0.2, 0) is 18.3 Å². The number of benzene rings is 2. The molecule has 0 radical (unpaired) electrons. The van der Waals surface area contributed by atoms with Gasteiger partial charge in [0, 0.05) is 18.5 Å². The molecule has 0 amide bonds. The van der Waals surface area contributed by atoms with Gasteiger partial charge in [-0.25, -0.2) is 0 Å². The third kappa shape index (κ3) is 2.75. The van der Waals surface area contributed by atoms with Crippen LogP contribution in [0.3, 0.4) is 0 Å². The summed E-state index contributed by atoms with van der Waals surface area (Å²) in [6, 6.07) is 15.1. The largest absolute Gasteiger partial charge is 0.508 e. The number of aromatic hydroxyl groups is 1. The lowest BCUT2D eigenvalue weighted by molar-refractivity contribution is 0.0140. The SMILES string of the molecule is C[C@H]1[C@H]2Cc3ccc(O)cc3[C@]1(C)CCN2CC1COc2ccccc2C1. The molecule has 1 unspecified atom stereocenters. The van der Waals surface area contributed by atoms with E-state index in [0.717, 1.165) is 44.7 Å². The van der Waals surface area contributed by atoms with Crippen molar-refractivity contribution < 1.29 is 9.84 Å². The Morgan fingerprint density at radius 2 is 2.00 bits per heavy atom. The molecule has 2 heterocycles.